The number of rotatable bonds is 7. The summed E-state index contributed by atoms with van der Waals surface area (Å²) in [5.74, 6) is -3.56. The summed E-state index contributed by atoms with van der Waals surface area (Å²) in [7, 11) is -4.75. The maximum atomic E-state index is 14.7. The van der Waals surface area contributed by atoms with E-state index in [9.17, 15) is 26.4 Å². The fourth-order valence-corrected chi connectivity index (χ4v) is 7.86. The molecule has 1 aliphatic carbocycles. The van der Waals surface area contributed by atoms with Crippen molar-refractivity contribution in [2.45, 2.75) is 69.1 Å². The molecule has 13 heteroatoms. The van der Waals surface area contributed by atoms with Crippen LogP contribution in [0.15, 0.2) is 24.3 Å². The highest BCUT2D eigenvalue weighted by molar-refractivity contribution is 7.93. The van der Waals surface area contributed by atoms with Crippen LogP contribution in [0.4, 0.5) is 23.9 Å². The third kappa shape index (κ3) is 5.39. The number of nitrogens with one attached hydrogen (secondary N) is 1. The highest BCUT2D eigenvalue weighted by Gasteiger charge is 2.51. The Morgan fingerprint density at radius 3 is 2.41 bits per heavy atom. The van der Waals surface area contributed by atoms with E-state index in [4.69, 9.17) is 4.74 Å². The molecule has 2 fully saturated rings. The predicted molar refractivity (Wildman–Crippen MR) is 144 cm³/mol. The van der Waals surface area contributed by atoms with Crippen molar-refractivity contribution in [2.75, 3.05) is 29.6 Å². The zero-order valence-electron chi connectivity index (χ0n) is 22.4. The van der Waals surface area contributed by atoms with Gasteiger partial charge in [0.05, 0.1) is 41.9 Å². The number of alkyl halides is 3. The lowest BCUT2D eigenvalue weighted by Gasteiger charge is -2.42. The number of halogens is 3. The molecule has 0 radical (unpaired) electrons. The minimum atomic E-state index is -3.33. The molecule has 0 saturated carbocycles. The van der Waals surface area contributed by atoms with Crippen molar-refractivity contribution in [2.24, 2.45) is 0 Å². The van der Waals surface area contributed by atoms with Crippen LogP contribution in [-0.4, -0.2) is 69.4 Å². The summed E-state index contributed by atoms with van der Waals surface area (Å²) in [5, 5.41) is 2.76. The zero-order valence-corrected chi connectivity index (χ0v) is 24.2. The highest BCUT2D eigenvalue weighted by Crippen LogP contribution is 2.45. The van der Waals surface area contributed by atoms with Crippen molar-refractivity contribution in [3.63, 3.8) is 0 Å². The van der Waals surface area contributed by atoms with Gasteiger partial charge in [0, 0.05) is 25.6 Å². The molecule has 39 heavy (non-hydrogen) atoms. The van der Waals surface area contributed by atoms with E-state index in [0.717, 1.165) is 6.04 Å². The van der Waals surface area contributed by atoms with Gasteiger partial charge < -0.3 is 15.0 Å². The molecule has 2 saturated heterocycles. The smallest absolute Gasteiger partial charge is 0.407 e. The molecule has 5 rings (SSSR count). The lowest BCUT2D eigenvalue weighted by molar-refractivity contribution is -0.00598. The molecule has 1 aromatic heterocycles. The van der Waals surface area contributed by atoms with Crippen LogP contribution in [0.5, 0.6) is 0 Å². The minimum Gasteiger partial charge on any atom is -0.450 e. The Morgan fingerprint density at radius 1 is 1.18 bits per heavy atom. The average Bonchev–Trinajstić information content (AvgIpc) is 3.14. The normalized spacial score (nSPS) is 24.3. The van der Waals surface area contributed by atoms with Gasteiger partial charge in [-0.25, -0.2) is 27.6 Å². The number of ether oxygens (including phenoxy) is 1. The van der Waals surface area contributed by atoms with E-state index in [0.29, 0.717) is 22.4 Å². The summed E-state index contributed by atoms with van der Waals surface area (Å²) < 4.78 is 72.9. The highest BCUT2D eigenvalue weighted by atomic mass is 32.2. The molecule has 2 atom stereocenters. The number of anilines is 1. The van der Waals surface area contributed by atoms with E-state index in [1.54, 1.807) is 36.1 Å². The van der Waals surface area contributed by atoms with Gasteiger partial charge in [0.2, 0.25) is 5.95 Å². The first-order chi connectivity index (χ1) is 18.1. The second-order valence-electron chi connectivity index (χ2n) is 12.1. The fourth-order valence-electron chi connectivity index (χ4n) is 5.25. The molecule has 1 N–H and O–H groups in total. The Labute approximate surface area is 227 Å². The predicted octanol–water partition coefficient (Wildman–Crippen LogP) is 4.42. The fraction of sp³-hybridized carbons (Fsp3) is 0.577. The number of fused-ring (bicyclic) bond motifs is 1. The molecular formula is C26H33F3N4O4SSi. The molecule has 8 nitrogen and oxygen atoms in total. The number of benzene rings is 1. The number of hydrogen-bond donors (Lipinski definition) is 1. The van der Waals surface area contributed by atoms with Crippen LogP contribution in [-0.2, 0) is 32.5 Å². The SMILES string of the molecule is C[C@H]1[C@H](F)CN1c1nc(-c2ccc(C3(NC(=O)OCC[Si](C)(C)C)CS(=O)(=O)C3)cc2)c2c(n1)C(F)(F)CC2. The number of aromatic nitrogens is 2. The topological polar surface area (TPSA) is 101 Å². The quantitative estimate of drug-likeness (QED) is 0.483. The number of carbonyl (C=O) groups is 1. The van der Waals surface area contributed by atoms with Gasteiger partial charge in [0.1, 0.15) is 11.9 Å². The maximum Gasteiger partial charge on any atom is 0.407 e. The maximum absolute atomic E-state index is 14.7. The summed E-state index contributed by atoms with van der Waals surface area (Å²) >= 11 is 0. The monoisotopic (exact) mass is 582 g/mol. The number of hydrogen-bond acceptors (Lipinski definition) is 7. The number of alkyl carbamates (subject to hydrolysis) is 1. The first kappa shape index (κ1) is 27.9. The van der Waals surface area contributed by atoms with Crippen molar-refractivity contribution in [1.29, 1.82) is 0 Å². The van der Waals surface area contributed by atoms with Gasteiger partial charge in [-0.3, -0.25) is 0 Å². The molecule has 0 spiro atoms. The third-order valence-electron chi connectivity index (χ3n) is 7.74. The Morgan fingerprint density at radius 2 is 1.85 bits per heavy atom. The second-order valence-corrected chi connectivity index (χ2v) is 19.8. The lowest BCUT2D eigenvalue weighted by Crippen LogP contribution is -2.62. The molecule has 0 bridgehead atoms. The van der Waals surface area contributed by atoms with Gasteiger partial charge in [0.25, 0.3) is 5.92 Å². The summed E-state index contributed by atoms with van der Waals surface area (Å²) in [5.41, 5.74) is 0.356. The van der Waals surface area contributed by atoms with E-state index in [1.165, 1.54) is 0 Å². The van der Waals surface area contributed by atoms with Crippen LogP contribution in [0.2, 0.25) is 25.7 Å². The van der Waals surface area contributed by atoms with Crippen molar-refractivity contribution in [1.82, 2.24) is 15.3 Å². The second kappa shape index (κ2) is 9.46. The molecule has 3 heterocycles. The van der Waals surface area contributed by atoms with Crippen LogP contribution in [0, 0.1) is 0 Å². The van der Waals surface area contributed by atoms with E-state index in [-0.39, 0.29) is 49.1 Å². The van der Waals surface area contributed by atoms with Gasteiger partial charge in [-0.1, -0.05) is 43.9 Å². The molecule has 1 aromatic carbocycles. The van der Waals surface area contributed by atoms with Crippen molar-refractivity contribution in [3.05, 3.63) is 41.1 Å². The lowest BCUT2D eigenvalue weighted by atomic mass is 9.91. The Bertz CT molecular complexity index is 1390. The first-order valence-corrected chi connectivity index (χ1v) is 18.6. The molecular weight excluding hydrogens is 549 g/mol. The van der Waals surface area contributed by atoms with Gasteiger partial charge >= 0.3 is 6.09 Å². The standard InChI is InChI=1S/C26H33F3N4O4SSi/c1-16-20(27)13-33(16)23-30-21(19-9-10-26(28,29)22(19)31-23)17-5-7-18(8-6-17)25(14-38(35,36)15-25)32-24(34)37-11-12-39(2,3)4/h5-8,16,20H,9-15H2,1-4H3,(H,32,34)/t16-,20+/m0/s1. The van der Waals surface area contributed by atoms with Crippen LogP contribution < -0.4 is 10.2 Å². The van der Waals surface area contributed by atoms with Gasteiger partial charge in [-0.05, 0) is 25.0 Å². The molecule has 3 aliphatic rings. The van der Waals surface area contributed by atoms with Crippen LogP contribution >= 0.6 is 0 Å². The van der Waals surface area contributed by atoms with E-state index < -0.39 is 47.7 Å². The Balaban J connectivity index is 1.43. The summed E-state index contributed by atoms with van der Waals surface area (Å²) in [6.45, 7) is 8.44. The summed E-state index contributed by atoms with van der Waals surface area (Å²) in [4.78, 5) is 22.8. The molecule has 0 unspecified atom stereocenters. The first-order valence-electron chi connectivity index (χ1n) is 13.1. The Kier molecular flexibility index (Phi) is 6.76. The number of carbonyl (C=O) groups excluding carboxylic acids is 1. The van der Waals surface area contributed by atoms with E-state index >= 15 is 0 Å². The zero-order chi connectivity index (χ0) is 28.4. The summed E-state index contributed by atoms with van der Waals surface area (Å²) in [6.07, 6.45) is -2.02. The molecule has 2 aromatic rings. The van der Waals surface area contributed by atoms with Crippen molar-refractivity contribution >= 4 is 30.0 Å². The number of amides is 1. The molecule has 212 valence electrons. The summed E-state index contributed by atoms with van der Waals surface area (Å²) in [6, 6.07) is 6.99. The van der Waals surface area contributed by atoms with Crippen LogP contribution in [0.25, 0.3) is 11.3 Å². The van der Waals surface area contributed by atoms with Gasteiger partial charge in [-0.15, -0.1) is 0 Å². The van der Waals surface area contributed by atoms with Crippen LogP contribution in [0.3, 0.4) is 0 Å². The van der Waals surface area contributed by atoms with Crippen molar-refractivity contribution < 1.29 is 31.1 Å². The average molecular weight is 583 g/mol. The van der Waals surface area contributed by atoms with Crippen LogP contribution in [0.1, 0.15) is 30.2 Å². The minimum absolute atomic E-state index is 0.0423. The van der Waals surface area contributed by atoms with Crippen molar-refractivity contribution in [3.8, 4) is 11.3 Å². The largest absolute Gasteiger partial charge is 0.450 e. The van der Waals surface area contributed by atoms with Gasteiger partial charge in [0.15, 0.2) is 9.84 Å². The van der Waals surface area contributed by atoms with E-state index in [2.05, 4.69) is 34.9 Å². The Hall–Kier alpha value is -2.67. The third-order valence-corrected chi connectivity index (χ3v) is 11.3. The number of sulfone groups is 1. The molecule has 1 amide bonds. The molecule has 2 aliphatic heterocycles. The van der Waals surface area contributed by atoms with E-state index in [1.807, 2.05) is 0 Å². The van der Waals surface area contributed by atoms with Gasteiger partial charge in [-0.2, -0.15) is 8.78 Å². The number of nitrogens with zero attached hydrogens (tertiary/aromatic N) is 3.